The van der Waals surface area contributed by atoms with Crippen LogP contribution in [0.25, 0.3) is 0 Å². The van der Waals surface area contributed by atoms with Crippen LogP contribution < -0.4 is 5.32 Å². The van der Waals surface area contributed by atoms with Crippen LogP contribution in [0.5, 0.6) is 0 Å². The van der Waals surface area contributed by atoms with Gasteiger partial charge in [0.05, 0.1) is 99.5 Å². The summed E-state index contributed by atoms with van der Waals surface area (Å²) in [4.78, 5) is 152. The summed E-state index contributed by atoms with van der Waals surface area (Å²) in [5, 5.41) is 3.05. The number of hydrogen-bond donors (Lipinski definition) is 4. The molecule has 0 spiro atoms. The molecular formula is C49H60N4O19. The molecule has 1 aliphatic heterocycles. The first-order valence-electron chi connectivity index (χ1n) is 22.6. The molecule has 23 nitrogen and oxygen atoms in total. The fourth-order valence-corrected chi connectivity index (χ4v) is 9.00. The molecule has 0 bridgehead atoms. The molecule has 0 aliphatic carbocycles. The van der Waals surface area contributed by atoms with E-state index in [1.54, 1.807) is 0 Å². The van der Waals surface area contributed by atoms with Gasteiger partial charge >= 0.3 is 47.8 Å². The molecule has 4 heterocycles. The van der Waals surface area contributed by atoms with Crippen molar-refractivity contribution in [2.24, 2.45) is 0 Å². The van der Waals surface area contributed by atoms with Crippen molar-refractivity contribution >= 4 is 66.2 Å². The summed E-state index contributed by atoms with van der Waals surface area (Å²) in [6, 6.07) is 0. The topological polar surface area (TPSA) is 321 Å². The van der Waals surface area contributed by atoms with Gasteiger partial charge in [-0.15, -0.1) is 0 Å². The van der Waals surface area contributed by atoms with Crippen LogP contribution in [-0.4, -0.2) is 144 Å². The second-order valence-corrected chi connectivity index (χ2v) is 16.6. The Balaban J connectivity index is 2.15. The molecule has 0 fully saturated rings. The van der Waals surface area contributed by atoms with Crippen LogP contribution in [0.4, 0.5) is 0 Å². The lowest BCUT2D eigenvalue weighted by Gasteiger charge is -2.33. The van der Waals surface area contributed by atoms with Crippen molar-refractivity contribution in [3.05, 3.63) is 78.7 Å². The lowest BCUT2D eigenvalue weighted by molar-refractivity contribution is -0.141. The fourth-order valence-electron chi connectivity index (χ4n) is 9.00. The minimum atomic E-state index is -1.73. The quantitative estimate of drug-likeness (QED) is 0.0458. The van der Waals surface area contributed by atoms with Crippen molar-refractivity contribution < 1.29 is 90.6 Å². The summed E-state index contributed by atoms with van der Waals surface area (Å²) in [6.45, 7) is 0. The molecule has 3 aromatic rings. The minimum absolute atomic E-state index is 0.00630. The Morgan fingerprint density at radius 2 is 0.764 bits per heavy atom. The van der Waals surface area contributed by atoms with Crippen molar-refractivity contribution in [2.75, 3.05) is 56.9 Å². The number of carbonyl (C=O) groups is 11. The van der Waals surface area contributed by atoms with Gasteiger partial charge in [-0.25, -0.2) is 0 Å². The number of aldehydes is 2. The van der Waals surface area contributed by atoms with Gasteiger partial charge in [0.25, 0.3) is 0 Å². The predicted molar refractivity (Wildman–Crippen MR) is 247 cm³/mol. The normalized spacial score (nSPS) is 14.0. The summed E-state index contributed by atoms with van der Waals surface area (Å²) >= 11 is 0. The van der Waals surface area contributed by atoms with Crippen LogP contribution in [0, 0.1) is 0 Å². The highest BCUT2D eigenvalue weighted by atomic mass is 16.5. The number of aromatic nitrogens is 3. The Bertz CT molecular complexity index is 2610. The molecule has 4 N–H and O–H groups in total. The maximum absolute atomic E-state index is 14.5. The van der Waals surface area contributed by atoms with Gasteiger partial charge in [0, 0.05) is 73.3 Å². The Kier molecular flexibility index (Phi) is 20.8. The van der Waals surface area contributed by atoms with E-state index >= 15 is 0 Å². The van der Waals surface area contributed by atoms with Crippen molar-refractivity contribution in [3.63, 3.8) is 0 Å². The van der Waals surface area contributed by atoms with Crippen LogP contribution >= 0.6 is 0 Å². The van der Waals surface area contributed by atoms with E-state index in [4.69, 9.17) is 37.9 Å². The lowest BCUT2D eigenvalue weighted by atomic mass is 9.77. The molecule has 1 unspecified atom stereocenters. The zero-order valence-corrected chi connectivity index (χ0v) is 41.5. The molecule has 390 valence electrons. The van der Waals surface area contributed by atoms with E-state index in [1.165, 1.54) is 42.7 Å². The first-order chi connectivity index (χ1) is 34.4. The molecule has 0 aromatic carbocycles. The summed E-state index contributed by atoms with van der Waals surface area (Å²) in [6.07, 6.45) is -2.67. The number of esters is 8. The zero-order chi connectivity index (χ0) is 53.3. The third-order valence-corrected chi connectivity index (χ3v) is 12.6. The van der Waals surface area contributed by atoms with Crippen molar-refractivity contribution in [2.45, 2.75) is 102 Å². The van der Waals surface area contributed by atoms with Crippen LogP contribution in [0.2, 0.25) is 0 Å². The SMILES string of the molecule is COC(=O)CCC1=C(CC(=O)OC)C(Cc2[nH]c(C=O)c(CCC(=O)OC)c2CC(=O)OC)(Cc2[nH]c(Cc3[nH]c(C=O)c(CC(=O)OC)c3CCC(=O)OC)c(CC(=O)OC)c2CCC(=O)OC)NC1=O. The van der Waals surface area contributed by atoms with Crippen LogP contribution in [-0.2, 0) is 139 Å². The van der Waals surface area contributed by atoms with Crippen LogP contribution in [0.15, 0.2) is 11.1 Å². The number of methoxy groups -OCH3 is 8. The third-order valence-electron chi connectivity index (χ3n) is 12.6. The number of amides is 1. The highest BCUT2D eigenvalue weighted by molar-refractivity contribution is 6.00. The van der Waals surface area contributed by atoms with Crippen molar-refractivity contribution in [3.8, 4) is 0 Å². The van der Waals surface area contributed by atoms with Gasteiger partial charge in [0.1, 0.15) is 0 Å². The minimum Gasteiger partial charge on any atom is -0.469 e. The number of hydrogen-bond acceptors (Lipinski definition) is 19. The number of carbonyl (C=O) groups excluding carboxylic acids is 11. The van der Waals surface area contributed by atoms with Gasteiger partial charge in [0.15, 0.2) is 12.6 Å². The Hall–Kier alpha value is -7.85. The summed E-state index contributed by atoms with van der Waals surface area (Å²) in [5.74, 6) is -6.11. The lowest BCUT2D eigenvalue weighted by Crippen LogP contribution is -2.49. The highest BCUT2D eigenvalue weighted by Gasteiger charge is 2.48. The number of rotatable bonds is 28. The molecule has 0 saturated heterocycles. The molecule has 1 aliphatic rings. The van der Waals surface area contributed by atoms with E-state index in [0.717, 1.165) is 14.2 Å². The van der Waals surface area contributed by atoms with Crippen molar-refractivity contribution in [1.29, 1.82) is 0 Å². The number of ether oxygens (including phenoxy) is 8. The molecule has 0 radical (unpaired) electrons. The number of nitrogens with one attached hydrogen (secondary N) is 4. The van der Waals surface area contributed by atoms with E-state index in [9.17, 15) is 52.7 Å². The van der Waals surface area contributed by atoms with Gasteiger partial charge in [-0.05, 0) is 64.6 Å². The first-order valence-corrected chi connectivity index (χ1v) is 22.6. The fraction of sp³-hybridized carbons (Fsp3) is 0.490. The van der Waals surface area contributed by atoms with E-state index in [0.29, 0.717) is 46.3 Å². The molecule has 72 heavy (non-hydrogen) atoms. The highest BCUT2D eigenvalue weighted by Crippen LogP contribution is 2.41. The predicted octanol–water partition coefficient (Wildman–Crippen LogP) is 1.82. The second-order valence-electron chi connectivity index (χ2n) is 16.6. The smallest absolute Gasteiger partial charge is 0.310 e. The van der Waals surface area contributed by atoms with Crippen LogP contribution in [0.3, 0.4) is 0 Å². The van der Waals surface area contributed by atoms with E-state index in [2.05, 4.69) is 20.3 Å². The van der Waals surface area contributed by atoms with Gasteiger partial charge < -0.3 is 58.2 Å². The average Bonchev–Trinajstić information content (AvgIpc) is 4.06. The maximum atomic E-state index is 14.5. The second kappa shape index (κ2) is 26.4. The molecule has 1 amide bonds. The van der Waals surface area contributed by atoms with Gasteiger partial charge in [-0.2, -0.15) is 0 Å². The molecule has 4 rings (SSSR count). The van der Waals surface area contributed by atoms with Gasteiger partial charge in [-0.1, -0.05) is 0 Å². The van der Waals surface area contributed by atoms with Crippen LogP contribution in [0.1, 0.15) is 116 Å². The number of H-pyrrole nitrogens is 3. The molecular weight excluding hydrogens is 949 g/mol. The number of aromatic amines is 3. The Labute approximate surface area is 413 Å². The molecule has 1 atom stereocenters. The Morgan fingerprint density at radius 1 is 0.417 bits per heavy atom. The Morgan fingerprint density at radius 3 is 1.22 bits per heavy atom. The monoisotopic (exact) mass is 1010 g/mol. The van der Waals surface area contributed by atoms with E-state index in [-0.39, 0.29) is 122 Å². The average molecular weight is 1010 g/mol. The maximum Gasteiger partial charge on any atom is 0.310 e. The van der Waals surface area contributed by atoms with E-state index in [1.807, 2.05) is 0 Å². The van der Waals surface area contributed by atoms with E-state index < -0.39 is 78.5 Å². The van der Waals surface area contributed by atoms with Gasteiger partial charge in [0.2, 0.25) is 5.91 Å². The standard InChI is InChI=1S/C49H60N4O19/c1-65-40(56)13-9-26-32(19-46(62)71-7)39(25-55)51-34(26)21-35-30(17-44(60)69-5)27(10-14-41(57)66-2)36(50-35)22-49(33(20-47(63)72-8)29(48(64)53-49)12-16-43(59)68-4)23-37-31(18-45(61)70-6)28(38(24-54)52-37)11-15-42(58)67-3/h24-25,50-52H,9-23H2,1-8H3,(H,53,64). The summed E-state index contributed by atoms with van der Waals surface area (Å²) in [7, 11) is 9.40. The van der Waals surface area contributed by atoms with Crippen molar-refractivity contribution in [1.82, 2.24) is 20.3 Å². The first kappa shape index (κ1) is 56.7. The van der Waals surface area contributed by atoms with Gasteiger partial charge in [-0.3, -0.25) is 52.7 Å². The molecule has 23 heteroatoms. The summed E-state index contributed by atoms with van der Waals surface area (Å²) < 4.78 is 39.8. The summed E-state index contributed by atoms with van der Waals surface area (Å²) in [5.41, 5.74) is 1.47. The largest absolute Gasteiger partial charge is 0.469 e. The molecule has 0 saturated carbocycles. The zero-order valence-electron chi connectivity index (χ0n) is 41.5. The molecule has 3 aromatic heterocycles. The third kappa shape index (κ3) is 13.9.